The molecule has 0 saturated carbocycles. The third-order valence-electron chi connectivity index (χ3n) is 3.09. The van der Waals surface area contributed by atoms with Crippen LogP contribution in [0.15, 0.2) is 0 Å². The Kier molecular flexibility index (Phi) is 3.61. The summed E-state index contributed by atoms with van der Waals surface area (Å²) in [5.74, 6) is 0. The molecule has 82 valence electrons. The summed E-state index contributed by atoms with van der Waals surface area (Å²) in [6, 6.07) is 0. The fourth-order valence-electron chi connectivity index (χ4n) is 1.32. The molecule has 0 aromatic heterocycles. The molecule has 1 rings (SSSR count). The minimum Gasteiger partial charge on any atom is -0.389 e. The molecular weight excluding hydrogens is 177 g/mol. The van der Waals surface area contributed by atoms with Crippen LogP contribution in [-0.2, 0) is 9.31 Å². The van der Waals surface area contributed by atoms with Gasteiger partial charge in [0.25, 0.3) is 0 Å². The highest BCUT2D eigenvalue weighted by molar-refractivity contribution is 6.42. The van der Waals surface area contributed by atoms with Crippen LogP contribution in [0.5, 0.6) is 0 Å². The van der Waals surface area contributed by atoms with E-state index in [-0.39, 0.29) is 18.5 Å². The zero-order valence-electron chi connectivity index (χ0n) is 10.0. The minimum absolute atomic E-state index is 0.225. The fraction of sp³-hybridized carbons (Fsp3) is 1.00. The Morgan fingerprint density at radius 2 is 1.57 bits per heavy atom. The van der Waals surface area contributed by atoms with Crippen molar-refractivity contribution in [3.63, 3.8) is 0 Å². The SMILES string of the molecule is CCCCNB1OC(C)(C)C(C)(C)O1. The van der Waals surface area contributed by atoms with E-state index >= 15 is 0 Å². The highest BCUT2D eigenvalue weighted by Crippen LogP contribution is 2.35. The van der Waals surface area contributed by atoms with Gasteiger partial charge in [-0.25, -0.2) is 0 Å². The van der Waals surface area contributed by atoms with Crippen molar-refractivity contribution in [3.8, 4) is 0 Å². The van der Waals surface area contributed by atoms with Crippen LogP contribution in [0, 0.1) is 0 Å². The van der Waals surface area contributed by atoms with Crippen LogP contribution < -0.4 is 5.23 Å². The van der Waals surface area contributed by atoms with Crippen molar-refractivity contribution in [2.24, 2.45) is 0 Å². The molecule has 0 atom stereocenters. The van der Waals surface area contributed by atoms with Gasteiger partial charge in [-0.15, -0.1) is 0 Å². The van der Waals surface area contributed by atoms with E-state index in [1.165, 1.54) is 6.42 Å². The first-order valence-electron chi connectivity index (χ1n) is 5.48. The van der Waals surface area contributed by atoms with E-state index in [2.05, 4.69) is 39.8 Å². The van der Waals surface area contributed by atoms with Gasteiger partial charge < -0.3 is 14.5 Å². The summed E-state index contributed by atoms with van der Waals surface area (Å²) in [6.07, 6.45) is 2.34. The molecule has 1 fully saturated rings. The maximum atomic E-state index is 5.78. The smallest absolute Gasteiger partial charge is 0.389 e. The number of hydrogen-bond donors (Lipinski definition) is 1. The Balaban J connectivity index is 2.39. The topological polar surface area (TPSA) is 30.5 Å². The summed E-state index contributed by atoms with van der Waals surface area (Å²) >= 11 is 0. The van der Waals surface area contributed by atoms with E-state index in [9.17, 15) is 0 Å². The van der Waals surface area contributed by atoms with Gasteiger partial charge in [-0.05, 0) is 40.7 Å². The van der Waals surface area contributed by atoms with Gasteiger partial charge >= 0.3 is 7.25 Å². The quantitative estimate of drug-likeness (QED) is 0.554. The number of nitrogens with one attached hydrogen (secondary N) is 1. The van der Waals surface area contributed by atoms with Gasteiger partial charge in [-0.3, -0.25) is 0 Å². The normalized spacial score (nSPS) is 24.2. The largest absolute Gasteiger partial charge is 0.555 e. The Bertz CT molecular complexity index is 179. The lowest BCUT2D eigenvalue weighted by Crippen LogP contribution is -2.41. The maximum Gasteiger partial charge on any atom is 0.555 e. The van der Waals surface area contributed by atoms with Crippen molar-refractivity contribution in [1.82, 2.24) is 5.23 Å². The molecule has 1 heterocycles. The van der Waals surface area contributed by atoms with Gasteiger partial charge in [-0.2, -0.15) is 0 Å². The molecule has 1 aliphatic rings. The predicted molar refractivity (Wildman–Crippen MR) is 59.0 cm³/mol. The van der Waals surface area contributed by atoms with Crippen LogP contribution in [0.4, 0.5) is 0 Å². The van der Waals surface area contributed by atoms with Gasteiger partial charge in [0, 0.05) is 0 Å². The van der Waals surface area contributed by atoms with Crippen LogP contribution in [0.2, 0.25) is 0 Å². The summed E-state index contributed by atoms with van der Waals surface area (Å²) < 4.78 is 11.6. The van der Waals surface area contributed by atoms with Crippen molar-refractivity contribution < 1.29 is 9.31 Å². The van der Waals surface area contributed by atoms with Crippen LogP contribution in [0.25, 0.3) is 0 Å². The lowest BCUT2D eigenvalue weighted by Gasteiger charge is -2.32. The zero-order valence-corrected chi connectivity index (χ0v) is 10.0. The standard InChI is InChI=1S/C10H22BNO2/c1-6-7-8-12-11-13-9(2,3)10(4,5)14-11/h12H,6-8H2,1-5H3. The van der Waals surface area contributed by atoms with Gasteiger partial charge in [0.2, 0.25) is 0 Å². The highest BCUT2D eigenvalue weighted by atomic mass is 16.7. The van der Waals surface area contributed by atoms with Crippen LogP contribution in [0.3, 0.4) is 0 Å². The summed E-state index contributed by atoms with van der Waals surface area (Å²) in [6.45, 7) is 11.4. The first kappa shape index (κ1) is 12.0. The van der Waals surface area contributed by atoms with E-state index in [0.717, 1.165) is 13.0 Å². The molecule has 0 aliphatic carbocycles. The number of unbranched alkanes of at least 4 members (excludes halogenated alkanes) is 1. The summed E-state index contributed by atoms with van der Waals surface area (Å²) in [5.41, 5.74) is -0.451. The third kappa shape index (κ3) is 2.50. The minimum atomic E-state index is -0.244. The van der Waals surface area contributed by atoms with Crippen LogP contribution in [-0.4, -0.2) is 25.0 Å². The molecule has 14 heavy (non-hydrogen) atoms. The fourth-order valence-corrected chi connectivity index (χ4v) is 1.32. The number of rotatable bonds is 4. The summed E-state index contributed by atoms with van der Waals surface area (Å²) in [7, 11) is -0.244. The van der Waals surface area contributed by atoms with E-state index in [1.807, 2.05) is 0 Å². The summed E-state index contributed by atoms with van der Waals surface area (Å²) in [5, 5.41) is 3.25. The second-order valence-corrected chi connectivity index (χ2v) is 4.90. The first-order chi connectivity index (χ1) is 6.39. The molecule has 1 aliphatic heterocycles. The molecule has 3 nitrogen and oxygen atoms in total. The van der Waals surface area contributed by atoms with Crippen LogP contribution in [0.1, 0.15) is 47.5 Å². The second-order valence-electron chi connectivity index (χ2n) is 4.90. The van der Waals surface area contributed by atoms with Crippen molar-refractivity contribution in [1.29, 1.82) is 0 Å². The third-order valence-corrected chi connectivity index (χ3v) is 3.09. The average Bonchev–Trinajstić information content (AvgIpc) is 2.21. The van der Waals surface area contributed by atoms with Crippen molar-refractivity contribution in [2.75, 3.05) is 6.54 Å². The first-order valence-corrected chi connectivity index (χ1v) is 5.48. The average molecular weight is 199 g/mol. The lowest BCUT2D eigenvalue weighted by molar-refractivity contribution is 0.00578. The molecule has 1 N–H and O–H groups in total. The van der Waals surface area contributed by atoms with E-state index in [1.54, 1.807) is 0 Å². The molecule has 0 spiro atoms. The Morgan fingerprint density at radius 1 is 1.07 bits per heavy atom. The molecule has 0 radical (unpaired) electrons. The van der Waals surface area contributed by atoms with E-state index in [0.29, 0.717) is 0 Å². The van der Waals surface area contributed by atoms with Crippen molar-refractivity contribution in [3.05, 3.63) is 0 Å². The molecule has 0 aromatic carbocycles. The molecule has 0 bridgehead atoms. The maximum absolute atomic E-state index is 5.78. The highest BCUT2D eigenvalue weighted by Gasteiger charge is 2.51. The Hall–Kier alpha value is -0.0551. The zero-order chi connectivity index (χ0) is 10.8. The predicted octanol–water partition coefficient (Wildman–Crippen LogP) is 1.96. The van der Waals surface area contributed by atoms with Crippen LogP contribution >= 0.6 is 0 Å². The Labute approximate surface area is 87.7 Å². The second kappa shape index (κ2) is 4.21. The lowest BCUT2D eigenvalue weighted by atomic mass is 9.90. The number of hydrogen-bond acceptors (Lipinski definition) is 3. The molecule has 0 aromatic rings. The molecule has 4 heteroatoms. The molecular formula is C10H22BNO2. The van der Waals surface area contributed by atoms with Gasteiger partial charge in [0.05, 0.1) is 11.2 Å². The van der Waals surface area contributed by atoms with Gasteiger partial charge in [0.1, 0.15) is 0 Å². The van der Waals surface area contributed by atoms with Gasteiger partial charge in [0.15, 0.2) is 0 Å². The molecule has 0 unspecified atom stereocenters. The Morgan fingerprint density at radius 3 is 2.00 bits per heavy atom. The monoisotopic (exact) mass is 199 g/mol. The molecule has 1 saturated heterocycles. The van der Waals surface area contributed by atoms with E-state index in [4.69, 9.17) is 9.31 Å². The molecule has 0 amide bonds. The van der Waals surface area contributed by atoms with E-state index < -0.39 is 0 Å². The summed E-state index contributed by atoms with van der Waals surface area (Å²) in [4.78, 5) is 0. The van der Waals surface area contributed by atoms with Crippen molar-refractivity contribution in [2.45, 2.75) is 58.7 Å². The van der Waals surface area contributed by atoms with Gasteiger partial charge in [-0.1, -0.05) is 13.3 Å². The van der Waals surface area contributed by atoms with Crippen molar-refractivity contribution >= 4 is 7.25 Å².